The summed E-state index contributed by atoms with van der Waals surface area (Å²) < 4.78 is 5.60. The molecule has 3 rings (SSSR count). The number of aryl methyl sites for hydroxylation is 1. The van der Waals surface area contributed by atoms with Crippen molar-refractivity contribution in [3.05, 3.63) is 60.4 Å². The molecule has 0 saturated heterocycles. The molecule has 0 unspecified atom stereocenters. The van der Waals surface area contributed by atoms with Crippen molar-refractivity contribution in [3.63, 3.8) is 0 Å². The lowest BCUT2D eigenvalue weighted by atomic mass is 10.3. The Balaban J connectivity index is 1.41. The van der Waals surface area contributed by atoms with Crippen LogP contribution in [0, 0.1) is 0 Å². The highest BCUT2D eigenvalue weighted by Crippen LogP contribution is 2.12. The minimum absolute atomic E-state index is 0.108. The van der Waals surface area contributed by atoms with Crippen LogP contribution in [0.2, 0.25) is 0 Å². The molecule has 5 heteroatoms. The van der Waals surface area contributed by atoms with Crippen LogP contribution < -0.4 is 10.1 Å². The smallest absolute Gasteiger partial charge is 0.260 e. The lowest BCUT2D eigenvalue weighted by Crippen LogP contribution is -2.36. The predicted molar refractivity (Wildman–Crippen MR) is 94.0 cm³/mol. The van der Waals surface area contributed by atoms with Crippen LogP contribution in [0.4, 0.5) is 0 Å². The number of nitrogens with one attached hydrogen (secondary N) is 2. The van der Waals surface area contributed by atoms with E-state index < -0.39 is 6.10 Å². The average Bonchev–Trinajstić information content (AvgIpc) is 3.02. The van der Waals surface area contributed by atoms with Gasteiger partial charge in [0.25, 0.3) is 5.91 Å². The quantitative estimate of drug-likeness (QED) is 0.657. The lowest BCUT2D eigenvalue weighted by molar-refractivity contribution is -0.127. The van der Waals surface area contributed by atoms with Crippen LogP contribution in [0.1, 0.15) is 19.2 Å². The number of carbonyl (C=O) groups excluding carboxylic acids is 1. The van der Waals surface area contributed by atoms with Gasteiger partial charge in [-0.3, -0.25) is 4.79 Å². The third kappa shape index (κ3) is 4.13. The average molecular weight is 323 g/mol. The topological polar surface area (TPSA) is 67.0 Å². The number of benzene rings is 2. The molecule has 1 aromatic heterocycles. The first kappa shape index (κ1) is 16.1. The number of hydrogen-bond donors (Lipinski definition) is 2. The Bertz CT molecular complexity index is 765. The zero-order valence-corrected chi connectivity index (χ0v) is 13.7. The van der Waals surface area contributed by atoms with Gasteiger partial charge in [-0.15, -0.1) is 0 Å². The first-order chi connectivity index (χ1) is 11.7. The van der Waals surface area contributed by atoms with Crippen LogP contribution in [0.5, 0.6) is 5.75 Å². The molecule has 0 aliphatic carbocycles. The van der Waals surface area contributed by atoms with E-state index in [2.05, 4.69) is 15.3 Å². The van der Waals surface area contributed by atoms with Crippen LogP contribution >= 0.6 is 0 Å². The van der Waals surface area contributed by atoms with Gasteiger partial charge >= 0.3 is 0 Å². The second kappa shape index (κ2) is 7.64. The van der Waals surface area contributed by atoms with Crippen LogP contribution in [-0.4, -0.2) is 28.5 Å². The van der Waals surface area contributed by atoms with E-state index in [1.165, 1.54) is 0 Å². The standard InChI is InChI=1S/C19H21N3O2/c1-14(24-15-8-3-2-4-9-15)19(23)20-13-7-12-18-21-16-10-5-6-11-17(16)22-18/h2-6,8-11,14H,7,12-13H2,1H3,(H,20,23)(H,21,22)/t14-/m1/s1. The van der Waals surface area contributed by atoms with E-state index >= 15 is 0 Å². The Hall–Kier alpha value is -2.82. The third-order valence-corrected chi connectivity index (χ3v) is 3.75. The SMILES string of the molecule is C[C@@H](Oc1ccccc1)C(=O)NCCCc1nc2ccccc2[nH]1. The number of rotatable bonds is 7. The number of para-hydroxylation sites is 3. The largest absolute Gasteiger partial charge is 0.481 e. The second-order valence-corrected chi connectivity index (χ2v) is 5.67. The first-order valence-electron chi connectivity index (χ1n) is 8.15. The van der Waals surface area contributed by atoms with Crippen molar-refractivity contribution in [2.75, 3.05) is 6.54 Å². The van der Waals surface area contributed by atoms with E-state index in [0.717, 1.165) is 29.7 Å². The fourth-order valence-electron chi connectivity index (χ4n) is 2.49. The van der Waals surface area contributed by atoms with Gasteiger partial charge in [0.1, 0.15) is 11.6 Å². The maximum Gasteiger partial charge on any atom is 0.260 e. The highest BCUT2D eigenvalue weighted by molar-refractivity contribution is 5.80. The summed E-state index contributed by atoms with van der Waals surface area (Å²) in [4.78, 5) is 19.9. The maximum absolute atomic E-state index is 12.0. The van der Waals surface area contributed by atoms with Crippen molar-refractivity contribution in [2.45, 2.75) is 25.9 Å². The molecule has 124 valence electrons. The third-order valence-electron chi connectivity index (χ3n) is 3.75. The molecule has 3 aromatic rings. The Morgan fingerprint density at radius 3 is 2.71 bits per heavy atom. The van der Waals surface area contributed by atoms with Gasteiger partial charge in [0, 0.05) is 13.0 Å². The summed E-state index contributed by atoms with van der Waals surface area (Å²) in [5.74, 6) is 1.53. The van der Waals surface area contributed by atoms with Gasteiger partial charge in [-0.05, 0) is 37.6 Å². The first-order valence-corrected chi connectivity index (χ1v) is 8.15. The summed E-state index contributed by atoms with van der Waals surface area (Å²) in [6.07, 6.45) is 1.10. The molecule has 1 amide bonds. The van der Waals surface area contributed by atoms with Gasteiger partial charge in [0.2, 0.25) is 0 Å². The number of nitrogens with zero attached hydrogens (tertiary/aromatic N) is 1. The molecule has 24 heavy (non-hydrogen) atoms. The monoisotopic (exact) mass is 323 g/mol. The van der Waals surface area contributed by atoms with E-state index in [4.69, 9.17) is 4.74 Å². The fourth-order valence-corrected chi connectivity index (χ4v) is 2.49. The maximum atomic E-state index is 12.0. The molecule has 0 fully saturated rings. The van der Waals surface area contributed by atoms with Crippen molar-refractivity contribution >= 4 is 16.9 Å². The zero-order chi connectivity index (χ0) is 16.8. The minimum Gasteiger partial charge on any atom is -0.481 e. The second-order valence-electron chi connectivity index (χ2n) is 5.67. The Morgan fingerprint density at radius 2 is 1.92 bits per heavy atom. The van der Waals surface area contributed by atoms with Crippen LogP contribution in [0.15, 0.2) is 54.6 Å². The number of ether oxygens (including phenoxy) is 1. The minimum atomic E-state index is -0.515. The molecule has 0 spiro atoms. The number of amides is 1. The molecular weight excluding hydrogens is 302 g/mol. The van der Waals surface area contributed by atoms with E-state index in [0.29, 0.717) is 12.3 Å². The molecule has 0 aliphatic heterocycles. The number of fused-ring (bicyclic) bond motifs is 1. The van der Waals surface area contributed by atoms with Gasteiger partial charge in [0.15, 0.2) is 6.10 Å². The summed E-state index contributed by atoms with van der Waals surface area (Å²) in [6.45, 7) is 2.35. The van der Waals surface area contributed by atoms with E-state index in [9.17, 15) is 4.79 Å². The molecule has 5 nitrogen and oxygen atoms in total. The normalized spacial score (nSPS) is 12.0. The van der Waals surface area contributed by atoms with Crippen molar-refractivity contribution < 1.29 is 9.53 Å². The molecule has 2 N–H and O–H groups in total. The summed E-state index contributed by atoms with van der Waals surface area (Å²) in [6, 6.07) is 17.3. The number of H-pyrrole nitrogens is 1. The van der Waals surface area contributed by atoms with Crippen LogP contribution in [-0.2, 0) is 11.2 Å². The van der Waals surface area contributed by atoms with Gasteiger partial charge in [-0.1, -0.05) is 30.3 Å². The van der Waals surface area contributed by atoms with Gasteiger partial charge in [0.05, 0.1) is 11.0 Å². The summed E-state index contributed by atoms with van der Waals surface area (Å²) in [7, 11) is 0. The number of hydrogen-bond acceptors (Lipinski definition) is 3. The molecule has 0 radical (unpaired) electrons. The highest BCUT2D eigenvalue weighted by atomic mass is 16.5. The highest BCUT2D eigenvalue weighted by Gasteiger charge is 2.13. The molecule has 1 atom stereocenters. The van der Waals surface area contributed by atoms with Gasteiger partial charge in [-0.25, -0.2) is 4.98 Å². The summed E-state index contributed by atoms with van der Waals surface area (Å²) in [5.41, 5.74) is 2.02. The number of carbonyl (C=O) groups is 1. The molecule has 2 aromatic carbocycles. The van der Waals surface area contributed by atoms with Crippen molar-refractivity contribution in [3.8, 4) is 5.75 Å². The van der Waals surface area contributed by atoms with Crippen LogP contribution in [0.3, 0.4) is 0 Å². The van der Waals surface area contributed by atoms with Gasteiger partial charge < -0.3 is 15.0 Å². The van der Waals surface area contributed by atoms with E-state index in [1.54, 1.807) is 6.92 Å². The van der Waals surface area contributed by atoms with Gasteiger partial charge in [-0.2, -0.15) is 0 Å². The number of aromatic amines is 1. The lowest BCUT2D eigenvalue weighted by Gasteiger charge is -2.14. The van der Waals surface area contributed by atoms with E-state index in [1.807, 2.05) is 54.6 Å². The Kier molecular flexibility index (Phi) is 5.11. The summed E-state index contributed by atoms with van der Waals surface area (Å²) in [5, 5.41) is 2.90. The molecule has 0 aliphatic rings. The summed E-state index contributed by atoms with van der Waals surface area (Å²) >= 11 is 0. The number of aromatic nitrogens is 2. The molecule has 0 saturated carbocycles. The van der Waals surface area contributed by atoms with Crippen molar-refractivity contribution in [1.29, 1.82) is 0 Å². The van der Waals surface area contributed by atoms with Crippen molar-refractivity contribution in [1.82, 2.24) is 15.3 Å². The molecule has 1 heterocycles. The molecular formula is C19H21N3O2. The Labute approximate surface area is 141 Å². The predicted octanol–water partition coefficient (Wildman–Crippen LogP) is 3.08. The van der Waals surface area contributed by atoms with Crippen LogP contribution in [0.25, 0.3) is 11.0 Å². The fraction of sp³-hybridized carbons (Fsp3) is 0.263. The van der Waals surface area contributed by atoms with Crippen molar-refractivity contribution in [2.24, 2.45) is 0 Å². The van der Waals surface area contributed by atoms with E-state index in [-0.39, 0.29) is 5.91 Å². The number of imidazole rings is 1. The molecule has 0 bridgehead atoms. The Morgan fingerprint density at radius 1 is 1.17 bits per heavy atom. The zero-order valence-electron chi connectivity index (χ0n) is 13.7.